The summed E-state index contributed by atoms with van der Waals surface area (Å²) in [5.41, 5.74) is 1.03. The normalized spacial score (nSPS) is 19.3. The third-order valence-corrected chi connectivity index (χ3v) is 7.64. The van der Waals surface area contributed by atoms with Crippen molar-refractivity contribution in [1.82, 2.24) is 9.78 Å². The van der Waals surface area contributed by atoms with E-state index in [1.807, 2.05) is 18.3 Å². The highest BCUT2D eigenvalue weighted by molar-refractivity contribution is 6.44. The summed E-state index contributed by atoms with van der Waals surface area (Å²) in [5.74, 6) is 1.12. The molecule has 7 heteroatoms. The molecule has 0 aliphatic heterocycles. The highest BCUT2D eigenvalue weighted by Gasteiger charge is 2.27. The lowest BCUT2D eigenvalue weighted by Gasteiger charge is -2.30. The standard InChI is InChI=1S/C26H31Cl2N3O2/c1-15(2)16-8-10-18(11-9-16)31-14-17-12-23(20(26(3,4)33)13-22(17)30-31)29-25(32)19-6-5-7-21(27)24(19)28/h5-7,12-16,18,33H,8-11H2,1-4H3,(H,29,32)/t16-,18-. The molecule has 33 heavy (non-hydrogen) atoms. The number of nitrogens with zero attached hydrogens (tertiary/aromatic N) is 2. The largest absolute Gasteiger partial charge is 0.386 e. The van der Waals surface area contributed by atoms with Gasteiger partial charge in [-0.05, 0) is 75.6 Å². The van der Waals surface area contributed by atoms with Crippen molar-refractivity contribution in [2.45, 2.75) is 65.0 Å². The second-order valence-electron chi connectivity index (χ2n) is 9.99. The van der Waals surface area contributed by atoms with Gasteiger partial charge in [0.25, 0.3) is 5.91 Å². The molecular formula is C26H31Cl2N3O2. The average molecular weight is 488 g/mol. The molecule has 1 heterocycles. The van der Waals surface area contributed by atoms with Gasteiger partial charge in [-0.2, -0.15) is 5.10 Å². The Hall–Kier alpha value is -2.08. The molecule has 176 valence electrons. The second kappa shape index (κ2) is 9.28. The summed E-state index contributed by atoms with van der Waals surface area (Å²) in [6, 6.07) is 9.06. The minimum absolute atomic E-state index is 0.201. The summed E-state index contributed by atoms with van der Waals surface area (Å²) >= 11 is 12.3. The van der Waals surface area contributed by atoms with Gasteiger partial charge in [-0.3, -0.25) is 9.48 Å². The van der Waals surface area contributed by atoms with Crippen molar-refractivity contribution < 1.29 is 9.90 Å². The molecule has 2 N–H and O–H groups in total. The number of carbonyl (C=O) groups is 1. The van der Waals surface area contributed by atoms with Crippen LogP contribution in [0.25, 0.3) is 10.9 Å². The minimum Gasteiger partial charge on any atom is -0.386 e. The van der Waals surface area contributed by atoms with E-state index in [2.05, 4.69) is 23.8 Å². The molecule has 1 aromatic heterocycles. The summed E-state index contributed by atoms with van der Waals surface area (Å²) in [6.45, 7) is 8.00. The number of nitrogens with one attached hydrogen (secondary N) is 1. The lowest BCUT2D eigenvalue weighted by atomic mass is 9.80. The smallest absolute Gasteiger partial charge is 0.257 e. The van der Waals surface area contributed by atoms with Crippen LogP contribution in [-0.2, 0) is 5.60 Å². The van der Waals surface area contributed by atoms with E-state index in [4.69, 9.17) is 28.3 Å². The maximum atomic E-state index is 13.0. The van der Waals surface area contributed by atoms with Crippen LogP contribution in [0.3, 0.4) is 0 Å². The van der Waals surface area contributed by atoms with Gasteiger partial charge in [-0.1, -0.05) is 43.1 Å². The zero-order valence-electron chi connectivity index (χ0n) is 19.5. The number of hydrogen-bond acceptors (Lipinski definition) is 3. The summed E-state index contributed by atoms with van der Waals surface area (Å²) in [4.78, 5) is 13.0. The number of anilines is 1. The van der Waals surface area contributed by atoms with E-state index in [1.54, 1.807) is 32.0 Å². The maximum absolute atomic E-state index is 13.0. The molecule has 1 fully saturated rings. The second-order valence-corrected chi connectivity index (χ2v) is 10.8. The SMILES string of the molecule is CC(C)[C@H]1CC[C@H](n2cc3cc(NC(=O)c4cccc(Cl)c4Cl)c(C(C)(C)O)cc3n2)CC1. The van der Waals surface area contributed by atoms with Gasteiger partial charge in [-0.25, -0.2) is 0 Å². The molecule has 5 nitrogen and oxygen atoms in total. The molecular weight excluding hydrogens is 457 g/mol. The number of fused-ring (bicyclic) bond motifs is 1. The fourth-order valence-corrected chi connectivity index (χ4v) is 5.18. The van der Waals surface area contributed by atoms with Crippen molar-refractivity contribution in [3.05, 3.63) is 57.7 Å². The van der Waals surface area contributed by atoms with E-state index in [0.29, 0.717) is 22.3 Å². The Morgan fingerprint density at radius 1 is 1.18 bits per heavy atom. The molecule has 0 saturated heterocycles. The molecule has 0 spiro atoms. The van der Waals surface area contributed by atoms with Crippen molar-refractivity contribution in [3.63, 3.8) is 0 Å². The Labute approximate surface area is 205 Å². The molecule has 0 atom stereocenters. The number of amides is 1. The van der Waals surface area contributed by atoms with Crippen LogP contribution in [0.15, 0.2) is 36.5 Å². The lowest BCUT2D eigenvalue weighted by Crippen LogP contribution is -2.21. The Morgan fingerprint density at radius 3 is 2.52 bits per heavy atom. The van der Waals surface area contributed by atoms with Gasteiger partial charge < -0.3 is 10.4 Å². The first-order chi connectivity index (χ1) is 15.5. The van der Waals surface area contributed by atoms with Gasteiger partial charge in [-0.15, -0.1) is 0 Å². The number of rotatable bonds is 5. The summed E-state index contributed by atoms with van der Waals surface area (Å²) in [5, 5.41) is 20.0. The van der Waals surface area contributed by atoms with E-state index in [1.165, 1.54) is 12.8 Å². The van der Waals surface area contributed by atoms with Crippen molar-refractivity contribution in [2.24, 2.45) is 11.8 Å². The van der Waals surface area contributed by atoms with E-state index in [0.717, 1.165) is 35.6 Å². The van der Waals surface area contributed by atoms with Crippen LogP contribution in [0, 0.1) is 11.8 Å². The van der Waals surface area contributed by atoms with Crippen LogP contribution >= 0.6 is 23.2 Å². The van der Waals surface area contributed by atoms with Crippen LogP contribution < -0.4 is 5.32 Å². The number of aromatic nitrogens is 2. The van der Waals surface area contributed by atoms with Crippen LogP contribution in [0.2, 0.25) is 10.0 Å². The molecule has 0 radical (unpaired) electrons. The van der Waals surface area contributed by atoms with Gasteiger partial charge in [0.15, 0.2) is 0 Å². The molecule has 1 amide bonds. The van der Waals surface area contributed by atoms with Crippen molar-refractivity contribution in [2.75, 3.05) is 5.32 Å². The monoisotopic (exact) mass is 487 g/mol. The predicted molar refractivity (Wildman–Crippen MR) is 135 cm³/mol. The topological polar surface area (TPSA) is 67.2 Å². The zero-order chi connectivity index (χ0) is 23.9. The van der Waals surface area contributed by atoms with E-state index >= 15 is 0 Å². The van der Waals surface area contributed by atoms with Crippen LogP contribution in [-0.4, -0.2) is 20.8 Å². The molecule has 1 aliphatic rings. The number of benzene rings is 2. The molecule has 1 saturated carbocycles. The number of carbonyl (C=O) groups excluding carboxylic acids is 1. The Morgan fingerprint density at radius 2 is 1.88 bits per heavy atom. The minimum atomic E-state index is -1.17. The number of halogens is 2. The van der Waals surface area contributed by atoms with Gasteiger partial charge >= 0.3 is 0 Å². The Kier molecular flexibility index (Phi) is 6.77. The number of aliphatic hydroxyl groups is 1. The first-order valence-corrected chi connectivity index (χ1v) is 12.3. The Bertz CT molecular complexity index is 1170. The lowest BCUT2D eigenvalue weighted by molar-refractivity contribution is 0.0794. The van der Waals surface area contributed by atoms with Gasteiger partial charge in [0.2, 0.25) is 0 Å². The van der Waals surface area contributed by atoms with E-state index in [9.17, 15) is 9.90 Å². The molecule has 1 aliphatic carbocycles. The quantitative estimate of drug-likeness (QED) is 0.399. The average Bonchev–Trinajstić information content (AvgIpc) is 3.17. The first-order valence-electron chi connectivity index (χ1n) is 11.6. The maximum Gasteiger partial charge on any atom is 0.257 e. The van der Waals surface area contributed by atoms with Gasteiger partial charge in [0.1, 0.15) is 0 Å². The first kappa shape index (κ1) is 24.1. The fraction of sp³-hybridized carbons (Fsp3) is 0.462. The third kappa shape index (κ3) is 5.06. The fourth-order valence-electron chi connectivity index (χ4n) is 4.79. The highest BCUT2D eigenvalue weighted by Crippen LogP contribution is 2.38. The van der Waals surface area contributed by atoms with Crippen molar-refractivity contribution in [1.29, 1.82) is 0 Å². The van der Waals surface area contributed by atoms with Crippen LogP contribution in [0.5, 0.6) is 0 Å². The van der Waals surface area contributed by atoms with Crippen LogP contribution in [0.4, 0.5) is 5.69 Å². The predicted octanol–water partition coefficient (Wildman–Crippen LogP) is 7.21. The zero-order valence-corrected chi connectivity index (χ0v) is 21.0. The summed E-state index contributed by atoms with van der Waals surface area (Å²) < 4.78 is 2.06. The van der Waals surface area contributed by atoms with Crippen molar-refractivity contribution >= 4 is 45.7 Å². The van der Waals surface area contributed by atoms with Gasteiger partial charge in [0, 0.05) is 22.8 Å². The highest BCUT2D eigenvalue weighted by atomic mass is 35.5. The molecule has 0 bridgehead atoms. The van der Waals surface area contributed by atoms with Gasteiger partial charge in [0.05, 0.1) is 32.8 Å². The summed E-state index contributed by atoms with van der Waals surface area (Å²) in [7, 11) is 0. The van der Waals surface area contributed by atoms with E-state index < -0.39 is 5.60 Å². The molecule has 2 aromatic carbocycles. The third-order valence-electron chi connectivity index (χ3n) is 6.82. The van der Waals surface area contributed by atoms with Crippen LogP contribution in [0.1, 0.15) is 75.3 Å². The van der Waals surface area contributed by atoms with E-state index in [-0.39, 0.29) is 16.5 Å². The molecule has 3 aromatic rings. The summed E-state index contributed by atoms with van der Waals surface area (Å²) in [6.07, 6.45) is 6.72. The molecule has 0 unspecified atom stereocenters. The number of hydrogen-bond donors (Lipinski definition) is 2. The Balaban J connectivity index is 1.66. The molecule has 4 rings (SSSR count). The van der Waals surface area contributed by atoms with Crippen molar-refractivity contribution in [3.8, 4) is 0 Å².